The molecule has 24 heavy (non-hydrogen) atoms. The summed E-state index contributed by atoms with van der Waals surface area (Å²) in [6.07, 6.45) is 1.52. The van der Waals surface area contributed by atoms with Crippen molar-refractivity contribution < 1.29 is 14.0 Å². The van der Waals surface area contributed by atoms with Crippen molar-refractivity contribution in [1.82, 2.24) is 10.6 Å². The second-order valence-electron chi connectivity index (χ2n) is 5.89. The van der Waals surface area contributed by atoms with Crippen molar-refractivity contribution in [1.29, 1.82) is 0 Å². The summed E-state index contributed by atoms with van der Waals surface area (Å²) < 4.78 is 5.81. The van der Waals surface area contributed by atoms with Gasteiger partial charge >= 0.3 is 6.03 Å². The third-order valence-corrected chi connectivity index (χ3v) is 4.23. The SMILES string of the molecule is O=C(Nc1ccc2c(c1)oc1ccccc12)NC1CCCNC1=O. The van der Waals surface area contributed by atoms with Gasteiger partial charge in [-0.15, -0.1) is 0 Å². The van der Waals surface area contributed by atoms with Gasteiger partial charge in [0.2, 0.25) is 5.91 Å². The van der Waals surface area contributed by atoms with Crippen molar-refractivity contribution in [3.8, 4) is 0 Å². The lowest BCUT2D eigenvalue weighted by Gasteiger charge is -2.22. The number of anilines is 1. The van der Waals surface area contributed by atoms with Crippen LogP contribution in [0.15, 0.2) is 46.9 Å². The van der Waals surface area contributed by atoms with E-state index < -0.39 is 12.1 Å². The predicted molar refractivity (Wildman–Crippen MR) is 91.9 cm³/mol. The molecule has 0 radical (unpaired) electrons. The number of hydrogen-bond donors (Lipinski definition) is 3. The van der Waals surface area contributed by atoms with Gasteiger partial charge in [0.1, 0.15) is 17.2 Å². The second-order valence-corrected chi connectivity index (χ2v) is 5.89. The number of hydrogen-bond acceptors (Lipinski definition) is 3. The highest BCUT2D eigenvalue weighted by molar-refractivity contribution is 6.06. The molecule has 1 saturated heterocycles. The van der Waals surface area contributed by atoms with Crippen LogP contribution < -0.4 is 16.0 Å². The van der Waals surface area contributed by atoms with Crippen molar-refractivity contribution in [2.75, 3.05) is 11.9 Å². The number of piperidine rings is 1. The summed E-state index contributed by atoms with van der Waals surface area (Å²) >= 11 is 0. The first-order valence-corrected chi connectivity index (χ1v) is 7.97. The van der Waals surface area contributed by atoms with E-state index in [4.69, 9.17) is 4.42 Å². The molecule has 122 valence electrons. The maximum absolute atomic E-state index is 12.1. The summed E-state index contributed by atoms with van der Waals surface area (Å²) in [7, 11) is 0. The maximum atomic E-state index is 12.1. The van der Waals surface area contributed by atoms with Crippen molar-refractivity contribution in [3.63, 3.8) is 0 Å². The largest absolute Gasteiger partial charge is 0.456 e. The number of carbonyl (C=O) groups excluding carboxylic acids is 2. The molecule has 3 amide bonds. The lowest BCUT2D eigenvalue weighted by Crippen LogP contribution is -2.51. The van der Waals surface area contributed by atoms with Gasteiger partial charge in [0, 0.05) is 29.1 Å². The number of urea groups is 1. The van der Waals surface area contributed by atoms with E-state index in [9.17, 15) is 9.59 Å². The molecule has 3 N–H and O–H groups in total. The molecule has 2 aromatic carbocycles. The van der Waals surface area contributed by atoms with E-state index in [1.165, 1.54) is 0 Å². The number of para-hydroxylation sites is 1. The first-order chi connectivity index (χ1) is 11.7. The van der Waals surface area contributed by atoms with Crippen molar-refractivity contribution in [3.05, 3.63) is 42.5 Å². The van der Waals surface area contributed by atoms with Crippen LogP contribution in [0.3, 0.4) is 0 Å². The van der Waals surface area contributed by atoms with Gasteiger partial charge in [-0.2, -0.15) is 0 Å². The molecule has 0 aliphatic carbocycles. The van der Waals surface area contributed by atoms with Gasteiger partial charge in [-0.3, -0.25) is 4.79 Å². The molecule has 1 aliphatic rings. The van der Waals surface area contributed by atoms with E-state index in [-0.39, 0.29) is 5.91 Å². The molecule has 0 saturated carbocycles. The Kier molecular flexibility index (Phi) is 3.57. The number of carbonyl (C=O) groups is 2. The van der Waals surface area contributed by atoms with Crippen LogP contribution in [0.2, 0.25) is 0 Å². The van der Waals surface area contributed by atoms with Crippen LogP contribution in [0.1, 0.15) is 12.8 Å². The Morgan fingerprint density at radius 3 is 2.83 bits per heavy atom. The normalized spacial score (nSPS) is 17.7. The topological polar surface area (TPSA) is 83.4 Å². The molecular formula is C18H17N3O3. The third-order valence-electron chi connectivity index (χ3n) is 4.23. The Balaban J connectivity index is 1.52. The lowest BCUT2D eigenvalue weighted by molar-refractivity contribution is -0.124. The molecule has 1 unspecified atom stereocenters. The Morgan fingerprint density at radius 1 is 1.12 bits per heavy atom. The smallest absolute Gasteiger partial charge is 0.319 e. The average Bonchev–Trinajstić information content (AvgIpc) is 2.94. The van der Waals surface area contributed by atoms with Crippen LogP contribution in [-0.2, 0) is 4.79 Å². The summed E-state index contributed by atoms with van der Waals surface area (Å²) in [5.74, 6) is -0.135. The highest BCUT2D eigenvalue weighted by atomic mass is 16.3. The molecule has 0 spiro atoms. The Hall–Kier alpha value is -3.02. The number of fused-ring (bicyclic) bond motifs is 3. The molecule has 0 bridgehead atoms. The van der Waals surface area contributed by atoms with E-state index in [1.54, 1.807) is 6.07 Å². The minimum absolute atomic E-state index is 0.135. The zero-order valence-electron chi connectivity index (χ0n) is 13.0. The number of nitrogens with one attached hydrogen (secondary N) is 3. The first kappa shape index (κ1) is 14.6. The van der Waals surface area contributed by atoms with Gasteiger partial charge < -0.3 is 20.4 Å². The highest BCUT2D eigenvalue weighted by Crippen LogP contribution is 2.30. The van der Waals surface area contributed by atoms with E-state index in [0.29, 0.717) is 24.2 Å². The first-order valence-electron chi connectivity index (χ1n) is 7.97. The van der Waals surface area contributed by atoms with E-state index in [2.05, 4.69) is 16.0 Å². The number of rotatable bonds is 2. The van der Waals surface area contributed by atoms with Crippen LogP contribution in [0.4, 0.5) is 10.5 Å². The Bertz CT molecular complexity index is 932. The van der Waals surface area contributed by atoms with Gasteiger partial charge in [0.25, 0.3) is 0 Å². The zero-order chi connectivity index (χ0) is 16.5. The summed E-state index contributed by atoms with van der Waals surface area (Å²) in [6, 6.07) is 12.5. The molecule has 4 rings (SSSR count). The second kappa shape index (κ2) is 5.88. The van der Waals surface area contributed by atoms with Gasteiger partial charge in [-0.25, -0.2) is 4.79 Å². The molecule has 1 atom stereocenters. The fourth-order valence-electron chi connectivity index (χ4n) is 3.04. The van der Waals surface area contributed by atoms with Crippen LogP contribution in [0.25, 0.3) is 21.9 Å². The van der Waals surface area contributed by atoms with Gasteiger partial charge in [-0.05, 0) is 31.0 Å². The van der Waals surface area contributed by atoms with E-state index >= 15 is 0 Å². The number of amides is 3. The quantitative estimate of drug-likeness (QED) is 0.678. The lowest BCUT2D eigenvalue weighted by atomic mass is 10.1. The van der Waals surface area contributed by atoms with Crippen LogP contribution in [0, 0.1) is 0 Å². The molecule has 2 heterocycles. The average molecular weight is 323 g/mol. The fourth-order valence-corrected chi connectivity index (χ4v) is 3.04. The van der Waals surface area contributed by atoms with Crippen LogP contribution in [-0.4, -0.2) is 24.5 Å². The van der Waals surface area contributed by atoms with E-state index in [1.807, 2.05) is 36.4 Å². The van der Waals surface area contributed by atoms with Crippen molar-refractivity contribution in [2.24, 2.45) is 0 Å². The molecule has 3 aromatic rings. The van der Waals surface area contributed by atoms with Crippen molar-refractivity contribution in [2.45, 2.75) is 18.9 Å². The van der Waals surface area contributed by atoms with Gasteiger partial charge in [-0.1, -0.05) is 18.2 Å². The monoisotopic (exact) mass is 323 g/mol. The zero-order valence-corrected chi connectivity index (χ0v) is 13.0. The molecule has 6 nitrogen and oxygen atoms in total. The minimum atomic E-state index is -0.478. The molecule has 6 heteroatoms. The third kappa shape index (κ3) is 2.67. The van der Waals surface area contributed by atoms with E-state index in [0.717, 1.165) is 22.8 Å². The predicted octanol–water partition coefficient (Wildman–Crippen LogP) is 2.99. The summed E-state index contributed by atoms with van der Waals surface area (Å²) in [6.45, 7) is 0.668. The van der Waals surface area contributed by atoms with Gasteiger partial charge in [0.15, 0.2) is 0 Å². The highest BCUT2D eigenvalue weighted by Gasteiger charge is 2.23. The maximum Gasteiger partial charge on any atom is 0.319 e. The Labute approximate surface area is 138 Å². The molecule has 1 aliphatic heterocycles. The summed E-state index contributed by atoms with van der Waals surface area (Å²) in [4.78, 5) is 23.8. The molecular weight excluding hydrogens is 306 g/mol. The Morgan fingerprint density at radius 2 is 1.96 bits per heavy atom. The van der Waals surface area contributed by atoms with Crippen LogP contribution >= 0.6 is 0 Å². The van der Waals surface area contributed by atoms with Crippen LogP contribution in [0.5, 0.6) is 0 Å². The van der Waals surface area contributed by atoms with Crippen molar-refractivity contribution >= 4 is 39.6 Å². The molecule has 1 fully saturated rings. The standard InChI is InChI=1S/C18H17N3O3/c22-17-14(5-3-9-19-17)21-18(23)20-11-7-8-13-12-4-1-2-6-15(12)24-16(13)10-11/h1-2,4,6-8,10,14H,3,5,9H2,(H,19,22)(H2,20,21,23). The fraction of sp³-hybridized carbons (Fsp3) is 0.222. The summed E-state index contributed by atoms with van der Waals surface area (Å²) in [5.41, 5.74) is 2.15. The minimum Gasteiger partial charge on any atom is -0.456 e. The summed E-state index contributed by atoms with van der Waals surface area (Å²) in [5, 5.41) is 10.2. The molecule has 1 aromatic heterocycles. The van der Waals surface area contributed by atoms with Gasteiger partial charge in [0.05, 0.1) is 0 Å². The number of benzene rings is 2. The number of furan rings is 1.